The lowest BCUT2D eigenvalue weighted by Gasteiger charge is -2.06. The lowest BCUT2D eigenvalue weighted by molar-refractivity contribution is -0.140. The van der Waals surface area contributed by atoms with Crippen molar-refractivity contribution in [3.05, 3.63) is 59.1 Å². The highest BCUT2D eigenvalue weighted by Gasteiger charge is 2.37. The summed E-state index contributed by atoms with van der Waals surface area (Å²) in [5.41, 5.74) is 0.517. The molecule has 28 heavy (non-hydrogen) atoms. The van der Waals surface area contributed by atoms with E-state index in [1.807, 2.05) is 12.1 Å². The molecule has 3 aromatic heterocycles. The van der Waals surface area contributed by atoms with Gasteiger partial charge in [-0.2, -0.15) is 23.4 Å². The number of nitrogens with one attached hydrogen (secondary N) is 1. The third-order valence-corrected chi connectivity index (χ3v) is 5.23. The summed E-state index contributed by atoms with van der Waals surface area (Å²) in [5, 5.41) is 10.1. The van der Waals surface area contributed by atoms with Gasteiger partial charge in [0, 0.05) is 18.1 Å². The molecule has 0 saturated heterocycles. The topological polar surface area (TPSA) is 77.6 Å². The number of aryl methyl sites for hydroxylation is 1. The van der Waals surface area contributed by atoms with Gasteiger partial charge in [0.2, 0.25) is 0 Å². The highest BCUT2D eigenvalue weighted by molar-refractivity contribution is 7.20. The van der Waals surface area contributed by atoms with Gasteiger partial charge in [0.05, 0.1) is 11.4 Å². The molecule has 0 aliphatic heterocycles. The number of carbonyl (C=O) groups excluding carboxylic acids is 1. The Hall–Kier alpha value is -3.21. The molecule has 0 spiro atoms. The Kier molecular flexibility index (Phi) is 4.38. The van der Waals surface area contributed by atoms with E-state index < -0.39 is 17.8 Å². The van der Waals surface area contributed by atoms with Crippen LogP contribution >= 0.6 is 11.3 Å². The fourth-order valence-corrected chi connectivity index (χ4v) is 3.72. The zero-order valence-electron chi connectivity index (χ0n) is 14.4. The number of hydrogen-bond donors (Lipinski definition) is 1. The van der Waals surface area contributed by atoms with Gasteiger partial charge in [0.1, 0.15) is 17.5 Å². The number of amides is 1. The van der Waals surface area contributed by atoms with E-state index in [0.717, 1.165) is 21.6 Å². The van der Waals surface area contributed by atoms with Crippen molar-refractivity contribution in [3.63, 3.8) is 0 Å². The van der Waals surface area contributed by atoms with E-state index in [2.05, 4.69) is 20.5 Å². The van der Waals surface area contributed by atoms with Crippen molar-refractivity contribution in [2.24, 2.45) is 7.05 Å². The van der Waals surface area contributed by atoms with Gasteiger partial charge in [-0.1, -0.05) is 12.1 Å². The van der Waals surface area contributed by atoms with E-state index in [9.17, 15) is 18.0 Å². The number of alkyl halides is 3. The van der Waals surface area contributed by atoms with Gasteiger partial charge in [-0.3, -0.25) is 9.48 Å². The minimum atomic E-state index is -4.58. The van der Waals surface area contributed by atoms with Crippen LogP contribution in [0.3, 0.4) is 0 Å². The quantitative estimate of drug-likeness (QED) is 0.562. The molecule has 1 amide bonds. The van der Waals surface area contributed by atoms with Gasteiger partial charge in [0.25, 0.3) is 5.91 Å². The maximum absolute atomic E-state index is 13.1. The lowest BCUT2D eigenvalue weighted by Crippen LogP contribution is -2.11. The van der Waals surface area contributed by atoms with Crippen molar-refractivity contribution in [3.8, 4) is 0 Å². The molecule has 0 aliphatic rings. The van der Waals surface area contributed by atoms with E-state index in [1.54, 1.807) is 23.1 Å². The van der Waals surface area contributed by atoms with Crippen LogP contribution in [0.1, 0.15) is 20.9 Å². The summed E-state index contributed by atoms with van der Waals surface area (Å²) in [7, 11) is 1.42. The molecule has 0 radical (unpaired) electrons. The van der Waals surface area contributed by atoms with Crippen LogP contribution in [-0.2, 0) is 19.8 Å². The number of aromatic nitrogens is 5. The number of hydrogen-bond acceptors (Lipinski definition) is 5. The van der Waals surface area contributed by atoms with E-state index in [1.165, 1.54) is 19.4 Å². The summed E-state index contributed by atoms with van der Waals surface area (Å²) in [6.07, 6.45) is -1.53. The van der Waals surface area contributed by atoms with Crippen molar-refractivity contribution in [2.75, 3.05) is 5.32 Å². The molecule has 4 aromatic rings. The maximum atomic E-state index is 13.1. The average Bonchev–Trinajstić information content (AvgIpc) is 3.34. The van der Waals surface area contributed by atoms with Gasteiger partial charge >= 0.3 is 6.18 Å². The standard InChI is InChI=1S/C17H13F3N6OS/c1-25-16-12(14(24-25)17(18,19)20)6-13(28-16)15(27)23-11-4-2-10(3-5-11)7-26-9-21-8-22-26/h2-6,8-9H,7H2,1H3,(H,23,27). The molecule has 7 nitrogen and oxygen atoms in total. The van der Waals surface area contributed by atoms with Crippen LogP contribution in [0.15, 0.2) is 43.0 Å². The van der Waals surface area contributed by atoms with E-state index >= 15 is 0 Å². The Balaban J connectivity index is 1.52. The van der Waals surface area contributed by atoms with Crippen molar-refractivity contribution < 1.29 is 18.0 Å². The first-order valence-electron chi connectivity index (χ1n) is 8.08. The van der Waals surface area contributed by atoms with Gasteiger partial charge in [-0.05, 0) is 23.8 Å². The van der Waals surface area contributed by atoms with Crippen LogP contribution in [0, 0.1) is 0 Å². The fraction of sp³-hybridized carbons (Fsp3) is 0.176. The second-order valence-corrected chi connectivity index (χ2v) is 7.07. The number of halogens is 3. The van der Waals surface area contributed by atoms with Gasteiger partial charge < -0.3 is 5.32 Å². The maximum Gasteiger partial charge on any atom is 0.435 e. The first kappa shape index (κ1) is 18.2. The molecule has 0 fully saturated rings. The van der Waals surface area contributed by atoms with Crippen LogP contribution in [0.5, 0.6) is 0 Å². The Labute approximate surface area is 160 Å². The predicted octanol–water partition coefficient (Wildman–Crippen LogP) is 3.55. The summed E-state index contributed by atoms with van der Waals surface area (Å²) in [6.45, 7) is 0.539. The van der Waals surface area contributed by atoms with Crippen LogP contribution in [-0.4, -0.2) is 30.5 Å². The molecule has 0 atom stereocenters. The summed E-state index contributed by atoms with van der Waals surface area (Å²) in [4.78, 5) is 16.8. The molecule has 0 unspecified atom stereocenters. The smallest absolute Gasteiger partial charge is 0.321 e. The number of carbonyl (C=O) groups is 1. The number of nitrogens with zero attached hydrogens (tertiary/aromatic N) is 5. The molecule has 0 aliphatic carbocycles. The van der Waals surface area contributed by atoms with Crippen LogP contribution in [0.25, 0.3) is 10.2 Å². The number of rotatable bonds is 4. The van der Waals surface area contributed by atoms with Gasteiger partial charge in [0.15, 0.2) is 5.69 Å². The largest absolute Gasteiger partial charge is 0.435 e. The molecule has 0 saturated carbocycles. The number of anilines is 1. The van der Waals surface area contributed by atoms with Crippen molar-refractivity contribution in [2.45, 2.75) is 12.7 Å². The zero-order chi connectivity index (χ0) is 19.9. The first-order chi connectivity index (χ1) is 13.3. The number of thiophene rings is 1. The molecule has 4 rings (SSSR count). The predicted molar refractivity (Wildman–Crippen MR) is 97.1 cm³/mol. The monoisotopic (exact) mass is 406 g/mol. The Morgan fingerprint density at radius 1 is 1.25 bits per heavy atom. The highest BCUT2D eigenvalue weighted by atomic mass is 32.1. The van der Waals surface area contributed by atoms with Crippen molar-refractivity contribution in [1.82, 2.24) is 24.5 Å². The van der Waals surface area contributed by atoms with E-state index in [4.69, 9.17) is 0 Å². The normalized spacial score (nSPS) is 11.9. The average molecular weight is 406 g/mol. The molecule has 1 N–H and O–H groups in total. The Morgan fingerprint density at radius 2 is 2.00 bits per heavy atom. The fourth-order valence-electron chi connectivity index (χ4n) is 2.75. The number of fused-ring (bicyclic) bond motifs is 1. The molecular formula is C17H13F3N6OS. The molecule has 144 valence electrons. The number of benzene rings is 1. The van der Waals surface area contributed by atoms with Crippen LogP contribution in [0.2, 0.25) is 0 Å². The zero-order valence-corrected chi connectivity index (χ0v) is 15.3. The molecule has 11 heteroatoms. The Bertz CT molecular complexity index is 1130. The summed E-state index contributed by atoms with van der Waals surface area (Å²) < 4.78 is 42.0. The van der Waals surface area contributed by atoms with E-state index in [-0.39, 0.29) is 10.3 Å². The van der Waals surface area contributed by atoms with Crippen molar-refractivity contribution in [1.29, 1.82) is 0 Å². The Morgan fingerprint density at radius 3 is 2.64 bits per heavy atom. The van der Waals surface area contributed by atoms with Gasteiger partial charge in [-0.15, -0.1) is 11.3 Å². The van der Waals surface area contributed by atoms with Gasteiger partial charge in [-0.25, -0.2) is 9.67 Å². The van der Waals surface area contributed by atoms with Crippen molar-refractivity contribution >= 4 is 33.1 Å². The minimum Gasteiger partial charge on any atom is -0.321 e. The van der Waals surface area contributed by atoms with Crippen LogP contribution < -0.4 is 5.32 Å². The second-order valence-electron chi connectivity index (χ2n) is 6.04. The SMILES string of the molecule is Cn1nc(C(F)(F)F)c2cc(C(=O)Nc3ccc(Cn4cncn4)cc3)sc21. The molecule has 3 heterocycles. The molecule has 1 aromatic carbocycles. The molecular weight excluding hydrogens is 393 g/mol. The summed E-state index contributed by atoms with van der Waals surface area (Å²) >= 11 is 0.964. The van der Waals surface area contributed by atoms with Crippen LogP contribution in [0.4, 0.5) is 18.9 Å². The second kappa shape index (κ2) is 6.75. The minimum absolute atomic E-state index is 0.0756. The van der Waals surface area contributed by atoms with E-state index in [0.29, 0.717) is 17.1 Å². The molecule has 0 bridgehead atoms. The summed E-state index contributed by atoms with van der Waals surface area (Å²) in [5.74, 6) is -0.474. The first-order valence-corrected chi connectivity index (χ1v) is 8.89. The third kappa shape index (κ3) is 3.48. The third-order valence-electron chi connectivity index (χ3n) is 4.03. The summed E-state index contributed by atoms with van der Waals surface area (Å²) in [6, 6.07) is 8.33. The lowest BCUT2D eigenvalue weighted by atomic mass is 10.2. The highest BCUT2D eigenvalue weighted by Crippen LogP contribution is 2.37.